The molecule has 3 aromatic rings. The summed E-state index contributed by atoms with van der Waals surface area (Å²) in [5.41, 5.74) is 0.622. The molecule has 1 saturated heterocycles. The maximum absolute atomic E-state index is 13.3. The third kappa shape index (κ3) is 7.01. The van der Waals surface area contributed by atoms with Crippen molar-refractivity contribution in [3.63, 3.8) is 0 Å². The first-order chi connectivity index (χ1) is 18.5. The molecule has 0 saturated carbocycles. The van der Waals surface area contributed by atoms with Gasteiger partial charge in [-0.15, -0.1) is 11.8 Å². The fourth-order valence-corrected chi connectivity index (χ4v) is 7.30. The molecule has 8 nitrogen and oxygen atoms in total. The molecule has 1 aliphatic heterocycles. The Morgan fingerprint density at radius 1 is 0.821 bits per heavy atom. The summed E-state index contributed by atoms with van der Waals surface area (Å²) in [5.74, 6) is -0.180. The average molecular weight is 629 g/mol. The number of hydrogen-bond donors (Lipinski definition) is 2. The number of nitrogens with one attached hydrogen (secondary N) is 2. The third-order valence-electron chi connectivity index (χ3n) is 6.22. The Morgan fingerprint density at radius 3 is 2.08 bits per heavy atom. The molecular weight excluding hydrogens is 601 g/mol. The van der Waals surface area contributed by atoms with Crippen LogP contribution in [0, 0.1) is 0 Å². The van der Waals surface area contributed by atoms with Gasteiger partial charge in [0.05, 0.1) is 31.1 Å². The molecule has 0 atom stereocenters. The third-order valence-corrected chi connectivity index (χ3v) is 10.6. The molecule has 1 fully saturated rings. The van der Waals surface area contributed by atoms with Gasteiger partial charge in [-0.05, 0) is 73.7 Å². The molecule has 2 N–H and O–H groups in total. The summed E-state index contributed by atoms with van der Waals surface area (Å²) in [6, 6.07) is 14.3. The Morgan fingerprint density at radius 2 is 1.44 bits per heavy atom. The first kappa shape index (κ1) is 29.5. The lowest BCUT2D eigenvalue weighted by Gasteiger charge is -2.22. The monoisotopic (exact) mass is 627 g/mol. The van der Waals surface area contributed by atoms with Crippen LogP contribution in [0.15, 0.2) is 75.4 Å². The second-order valence-electron chi connectivity index (χ2n) is 8.91. The lowest BCUT2D eigenvalue weighted by Crippen LogP contribution is -2.32. The second kappa shape index (κ2) is 12.4. The van der Waals surface area contributed by atoms with Crippen LogP contribution in [0.5, 0.6) is 0 Å². The van der Waals surface area contributed by atoms with E-state index in [1.54, 1.807) is 17.0 Å². The van der Waals surface area contributed by atoms with Gasteiger partial charge in [0.1, 0.15) is 0 Å². The number of carbonyl (C=O) groups excluding carboxylic acids is 1. The molecule has 0 unspecified atom stereocenters. The fraction of sp³-hybridized carbons (Fsp3) is 0.269. The van der Waals surface area contributed by atoms with E-state index in [9.17, 15) is 21.6 Å². The average Bonchev–Trinajstić information content (AvgIpc) is 3.20. The van der Waals surface area contributed by atoms with Crippen LogP contribution in [0.1, 0.15) is 36.0 Å². The van der Waals surface area contributed by atoms with Crippen molar-refractivity contribution in [2.75, 3.05) is 28.8 Å². The van der Waals surface area contributed by atoms with Gasteiger partial charge < -0.3 is 4.90 Å². The Bertz CT molecular complexity index is 1570. The molecule has 0 spiro atoms. The summed E-state index contributed by atoms with van der Waals surface area (Å²) < 4.78 is 56.8. The van der Waals surface area contributed by atoms with E-state index in [0.29, 0.717) is 23.5 Å². The minimum Gasteiger partial charge on any atom is -0.339 e. The molecule has 4 rings (SSSR count). The standard InChI is InChI=1S/C26H27Cl2N3O5S3/c1-37-24-14-13-20(17-21(24)26(32)31-15-4-2-3-5-16-31)39(35,36)29-18-9-11-19(12-10-18)38(33,34)30-23-8-6-7-22(27)25(23)28/h6-14,17,29-30H,2-5,15-16H2,1H3. The number of benzene rings is 3. The quantitative estimate of drug-likeness (QED) is 0.282. The Hall–Kier alpha value is -2.44. The molecule has 13 heteroatoms. The molecule has 39 heavy (non-hydrogen) atoms. The molecule has 1 amide bonds. The lowest BCUT2D eigenvalue weighted by atomic mass is 10.2. The highest BCUT2D eigenvalue weighted by atomic mass is 35.5. The lowest BCUT2D eigenvalue weighted by molar-refractivity contribution is 0.0758. The number of carbonyl (C=O) groups is 1. The predicted octanol–water partition coefficient (Wildman–Crippen LogP) is 6.33. The summed E-state index contributed by atoms with van der Waals surface area (Å²) in [4.78, 5) is 15.6. The van der Waals surface area contributed by atoms with E-state index in [1.165, 1.54) is 60.3 Å². The molecule has 0 aromatic heterocycles. The highest BCUT2D eigenvalue weighted by Gasteiger charge is 2.24. The van der Waals surface area contributed by atoms with Crippen LogP contribution in [-0.4, -0.2) is 47.0 Å². The minimum atomic E-state index is -4.07. The van der Waals surface area contributed by atoms with E-state index in [-0.39, 0.29) is 37.1 Å². The first-order valence-electron chi connectivity index (χ1n) is 12.1. The number of nitrogens with zero attached hydrogens (tertiary/aromatic N) is 1. The molecule has 0 bridgehead atoms. The van der Waals surface area contributed by atoms with Crippen molar-refractivity contribution in [3.05, 3.63) is 76.3 Å². The van der Waals surface area contributed by atoms with E-state index in [1.807, 2.05) is 6.26 Å². The summed E-state index contributed by atoms with van der Waals surface area (Å²) >= 11 is 13.4. The molecule has 0 radical (unpaired) electrons. The summed E-state index contributed by atoms with van der Waals surface area (Å²) in [6.07, 6.45) is 5.83. The number of rotatable bonds is 8. The second-order valence-corrected chi connectivity index (χ2v) is 13.9. The van der Waals surface area contributed by atoms with E-state index in [4.69, 9.17) is 23.2 Å². The van der Waals surface area contributed by atoms with Gasteiger partial charge in [0.25, 0.3) is 26.0 Å². The zero-order valence-corrected chi connectivity index (χ0v) is 24.9. The largest absolute Gasteiger partial charge is 0.339 e. The van der Waals surface area contributed by atoms with Crippen LogP contribution in [-0.2, 0) is 20.0 Å². The van der Waals surface area contributed by atoms with Gasteiger partial charge in [-0.25, -0.2) is 16.8 Å². The first-order valence-corrected chi connectivity index (χ1v) is 17.0. The number of halogens is 2. The normalized spacial score (nSPS) is 14.5. The van der Waals surface area contributed by atoms with Gasteiger partial charge in [0, 0.05) is 23.7 Å². The number of amides is 1. The minimum absolute atomic E-state index is 0.0626. The van der Waals surface area contributed by atoms with Crippen LogP contribution in [0.2, 0.25) is 10.0 Å². The van der Waals surface area contributed by atoms with Gasteiger partial charge >= 0.3 is 0 Å². The highest BCUT2D eigenvalue weighted by molar-refractivity contribution is 7.98. The van der Waals surface area contributed by atoms with Crippen molar-refractivity contribution in [3.8, 4) is 0 Å². The van der Waals surface area contributed by atoms with Crippen molar-refractivity contribution in [1.29, 1.82) is 0 Å². The van der Waals surface area contributed by atoms with Gasteiger partial charge in [-0.2, -0.15) is 0 Å². The summed E-state index contributed by atoms with van der Waals surface area (Å²) in [7, 11) is -8.08. The van der Waals surface area contributed by atoms with Crippen molar-refractivity contribution in [2.24, 2.45) is 0 Å². The molecule has 208 valence electrons. The van der Waals surface area contributed by atoms with Crippen molar-refractivity contribution < 1.29 is 21.6 Å². The smallest absolute Gasteiger partial charge is 0.261 e. The van der Waals surface area contributed by atoms with Crippen LogP contribution in [0.25, 0.3) is 0 Å². The van der Waals surface area contributed by atoms with Crippen LogP contribution >= 0.6 is 35.0 Å². The van der Waals surface area contributed by atoms with Crippen molar-refractivity contribution in [2.45, 2.75) is 40.4 Å². The maximum Gasteiger partial charge on any atom is 0.261 e. The molecule has 1 heterocycles. The Balaban J connectivity index is 1.54. The van der Waals surface area contributed by atoms with Crippen molar-refractivity contribution >= 4 is 72.3 Å². The molecule has 3 aromatic carbocycles. The number of hydrogen-bond acceptors (Lipinski definition) is 6. The fourth-order valence-electron chi connectivity index (χ4n) is 4.17. The molecular formula is C26H27Cl2N3O5S3. The number of anilines is 2. The SMILES string of the molecule is CSc1ccc(S(=O)(=O)Nc2ccc(S(=O)(=O)Nc3cccc(Cl)c3Cl)cc2)cc1C(=O)N1CCCCCC1. The number of likely N-dealkylation sites (tertiary alicyclic amines) is 1. The zero-order valence-electron chi connectivity index (χ0n) is 21.0. The molecule has 0 aliphatic carbocycles. The Kier molecular flexibility index (Phi) is 9.38. The van der Waals surface area contributed by atoms with Gasteiger partial charge in [0.2, 0.25) is 0 Å². The van der Waals surface area contributed by atoms with E-state index >= 15 is 0 Å². The molecule has 1 aliphatic rings. The van der Waals surface area contributed by atoms with Gasteiger partial charge in [-0.1, -0.05) is 42.1 Å². The van der Waals surface area contributed by atoms with Crippen molar-refractivity contribution in [1.82, 2.24) is 4.90 Å². The van der Waals surface area contributed by atoms with Gasteiger partial charge in [0.15, 0.2) is 0 Å². The van der Waals surface area contributed by atoms with E-state index in [2.05, 4.69) is 9.44 Å². The van der Waals surface area contributed by atoms with E-state index in [0.717, 1.165) is 25.7 Å². The predicted molar refractivity (Wildman–Crippen MR) is 157 cm³/mol. The summed E-state index contributed by atoms with van der Waals surface area (Å²) in [6.45, 7) is 1.30. The van der Waals surface area contributed by atoms with E-state index < -0.39 is 20.0 Å². The maximum atomic E-state index is 13.3. The summed E-state index contributed by atoms with van der Waals surface area (Å²) in [5, 5.41) is 0.261. The topological polar surface area (TPSA) is 113 Å². The Labute approximate surface area is 243 Å². The van der Waals surface area contributed by atoms with Crippen LogP contribution in [0.3, 0.4) is 0 Å². The van der Waals surface area contributed by atoms with Crippen LogP contribution < -0.4 is 9.44 Å². The van der Waals surface area contributed by atoms with Crippen LogP contribution in [0.4, 0.5) is 11.4 Å². The highest BCUT2D eigenvalue weighted by Crippen LogP contribution is 2.32. The zero-order chi connectivity index (χ0) is 28.2. The number of sulfonamides is 2. The number of thioether (sulfide) groups is 1. The van der Waals surface area contributed by atoms with Gasteiger partial charge in [-0.3, -0.25) is 14.2 Å².